The van der Waals surface area contributed by atoms with E-state index in [0.29, 0.717) is 5.04 Å². The first-order chi connectivity index (χ1) is 7.31. The second-order valence-electron chi connectivity index (χ2n) is 5.95. The van der Waals surface area contributed by atoms with Crippen molar-refractivity contribution in [3.8, 4) is 5.92 Å². The normalized spacial score (nSPS) is 11.1. The molecular formula is C14H27BrMgOSi. The van der Waals surface area contributed by atoms with Crippen molar-refractivity contribution in [2.24, 2.45) is 0 Å². The van der Waals surface area contributed by atoms with Crippen molar-refractivity contribution in [2.45, 2.75) is 71.0 Å². The molecule has 0 fully saturated rings. The van der Waals surface area contributed by atoms with Gasteiger partial charge in [0.2, 0.25) is 0 Å². The number of unbranched alkanes of at least 4 members (excludes halogenated alkanes) is 4. The summed E-state index contributed by atoms with van der Waals surface area (Å²) in [5.74, 6) is 2.43. The Labute approximate surface area is 142 Å². The van der Waals surface area contributed by atoms with Crippen molar-refractivity contribution in [3.05, 3.63) is 6.42 Å². The van der Waals surface area contributed by atoms with Gasteiger partial charge in [0, 0.05) is 6.61 Å². The fraction of sp³-hybridized carbons (Fsp3) is 0.857. The quantitative estimate of drug-likeness (QED) is 0.292. The molecule has 0 aliphatic carbocycles. The van der Waals surface area contributed by atoms with Crippen LogP contribution in [0.25, 0.3) is 0 Å². The van der Waals surface area contributed by atoms with Gasteiger partial charge in [-0.1, -0.05) is 33.6 Å². The van der Waals surface area contributed by atoms with Crippen LogP contribution in [0.1, 0.15) is 52.9 Å². The molecule has 0 atom stereocenters. The molecule has 0 radical (unpaired) electrons. The van der Waals surface area contributed by atoms with Crippen molar-refractivity contribution in [1.82, 2.24) is 0 Å². The molecule has 1 nitrogen and oxygen atoms in total. The monoisotopic (exact) mass is 342 g/mol. The van der Waals surface area contributed by atoms with E-state index in [1.807, 2.05) is 0 Å². The molecule has 0 unspecified atom stereocenters. The van der Waals surface area contributed by atoms with Crippen LogP contribution < -0.4 is 17.0 Å². The van der Waals surface area contributed by atoms with Gasteiger partial charge in [-0.05, 0) is 37.4 Å². The molecule has 0 aliphatic rings. The van der Waals surface area contributed by atoms with Crippen molar-refractivity contribution in [3.63, 3.8) is 0 Å². The van der Waals surface area contributed by atoms with E-state index in [9.17, 15) is 0 Å². The molecule has 0 aromatic rings. The fourth-order valence-electron chi connectivity index (χ4n) is 1.21. The van der Waals surface area contributed by atoms with E-state index in [4.69, 9.17) is 10.8 Å². The summed E-state index contributed by atoms with van der Waals surface area (Å²) in [4.78, 5) is 0. The van der Waals surface area contributed by atoms with Crippen molar-refractivity contribution in [2.75, 3.05) is 6.61 Å². The minimum Gasteiger partial charge on any atom is -1.00 e. The maximum absolute atomic E-state index is 6.80. The summed E-state index contributed by atoms with van der Waals surface area (Å²) in [6.07, 6.45) is 12.3. The summed E-state index contributed by atoms with van der Waals surface area (Å²) >= 11 is 0. The SMILES string of the molecule is [Br-].[C-]#CCCCCCCO[Si](C)(C)C(C)(C)C.[Mg+2]. The number of hydrogen-bond donors (Lipinski definition) is 0. The Morgan fingerprint density at radius 3 is 2.00 bits per heavy atom. The molecule has 0 amide bonds. The molecule has 0 saturated heterocycles. The smallest absolute Gasteiger partial charge is 1.00 e. The molecule has 0 aromatic heterocycles. The number of hydrogen-bond acceptors (Lipinski definition) is 1. The zero-order chi connectivity index (χ0) is 12.7. The fourth-order valence-corrected chi connectivity index (χ4v) is 2.30. The van der Waals surface area contributed by atoms with Gasteiger partial charge in [0.25, 0.3) is 0 Å². The summed E-state index contributed by atoms with van der Waals surface area (Å²) in [6, 6.07) is 0. The van der Waals surface area contributed by atoms with E-state index in [-0.39, 0.29) is 40.0 Å². The summed E-state index contributed by atoms with van der Waals surface area (Å²) in [7, 11) is -1.52. The Hall–Kier alpha value is 0.983. The van der Waals surface area contributed by atoms with E-state index >= 15 is 0 Å². The molecular weight excluding hydrogens is 316 g/mol. The van der Waals surface area contributed by atoms with Gasteiger partial charge >= 0.3 is 23.1 Å². The van der Waals surface area contributed by atoms with Crippen molar-refractivity contribution >= 4 is 31.4 Å². The zero-order valence-electron chi connectivity index (χ0n) is 12.7. The van der Waals surface area contributed by atoms with Gasteiger partial charge in [-0.25, -0.2) is 0 Å². The van der Waals surface area contributed by atoms with Crippen LogP contribution in [0.5, 0.6) is 0 Å². The maximum Gasteiger partial charge on any atom is 2.00 e. The molecule has 0 aromatic carbocycles. The Morgan fingerprint density at radius 1 is 1.06 bits per heavy atom. The molecule has 0 N–H and O–H groups in total. The van der Waals surface area contributed by atoms with Crippen LogP contribution in [0.15, 0.2) is 0 Å². The zero-order valence-corrected chi connectivity index (χ0v) is 16.7. The topological polar surface area (TPSA) is 9.23 Å². The largest absolute Gasteiger partial charge is 2.00 e. The van der Waals surface area contributed by atoms with Crippen LogP contribution in [0.3, 0.4) is 0 Å². The third-order valence-corrected chi connectivity index (χ3v) is 8.00. The average Bonchev–Trinajstić information content (AvgIpc) is 2.14. The molecule has 0 aliphatic heterocycles. The number of rotatable bonds is 7. The van der Waals surface area contributed by atoms with Gasteiger partial charge in [0.15, 0.2) is 8.32 Å². The standard InChI is InChI=1S/C14H27OSi.BrH.Mg/c1-7-8-9-10-11-12-13-15-16(5,6)14(2,3)4;;/h8-13H2,2-6H3;1H;/q-1;;+2/p-1. The maximum atomic E-state index is 6.80. The summed E-state index contributed by atoms with van der Waals surface area (Å²) in [6.45, 7) is 12.3. The Morgan fingerprint density at radius 2 is 1.56 bits per heavy atom. The predicted octanol–water partition coefficient (Wildman–Crippen LogP) is 1.17. The third-order valence-electron chi connectivity index (χ3n) is 3.47. The van der Waals surface area contributed by atoms with Crippen LogP contribution in [0.4, 0.5) is 0 Å². The van der Waals surface area contributed by atoms with Crippen LogP contribution >= 0.6 is 0 Å². The van der Waals surface area contributed by atoms with E-state index in [1.165, 1.54) is 12.8 Å². The first kappa shape index (κ1) is 24.0. The van der Waals surface area contributed by atoms with Crippen molar-refractivity contribution in [1.29, 1.82) is 0 Å². The second kappa shape index (κ2) is 11.8. The van der Waals surface area contributed by atoms with Gasteiger partial charge in [-0.15, -0.1) is 0 Å². The molecule has 0 rings (SSSR count). The molecule has 0 heterocycles. The Bertz CT molecular complexity index is 231. The summed E-state index contributed by atoms with van der Waals surface area (Å²) in [5, 5.41) is 0.322. The Kier molecular flexibility index (Phi) is 15.7. The van der Waals surface area contributed by atoms with Crippen LogP contribution in [0.2, 0.25) is 18.1 Å². The average molecular weight is 344 g/mol. The molecule has 102 valence electrons. The van der Waals surface area contributed by atoms with E-state index in [2.05, 4.69) is 39.8 Å². The van der Waals surface area contributed by atoms with Crippen LogP contribution in [0, 0.1) is 12.3 Å². The molecule has 18 heavy (non-hydrogen) atoms. The minimum absolute atomic E-state index is 0. The number of halogens is 1. The second-order valence-corrected chi connectivity index (χ2v) is 10.8. The molecule has 0 saturated carbocycles. The first-order valence-corrected chi connectivity index (χ1v) is 9.25. The van der Waals surface area contributed by atoms with E-state index in [1.54, 1.807) is 0 Å². The Balaban J connectivity index is -0.00000112. The van der Waals surface area contributed by atoms with E-state index < -0.39 is 8.32 Å². The molecule has 4 heteroatoms. The molecule has 0 spiro atoms. The summed E-state index contributed by atoms with van der Waals surface area (Å²) in [5.41, 5.74) is 0. The van der Waals surface area contributed by atoms with Gasteiger partial charge in [-0.2, -0.15) is 0 Å². The van der Waals surface area contributed by atoms with Gasteiger partial charge in [-0.3, -0.25) is 0 Å². The summed E-state index contributed by atoms with van der Waals surface area (Å²) < 4.78 is 6.09. The van der Waals surface area contributed by atoms with Gasteiger partial charge < -0.3 is 33.8 Å². The predicted molar refractivity (Wildman–Crippen MR) is 79.1 cm³/mol. The van der Waals surface area contributed by atoms with Gasteiger partial charge in [0.1, 0.15) is 0 Å². The molecule has 0 bridgehead atoms. The van der Waals surface area contributed by atoms with Crippen LogP contribution in [-0.2, 0) is 4.43 Å². The first-order valence-electron chi connectivity index (χ1n) is 6.35. The van der Waals surface area contributed by atoms with Gasteiger partial charge in [0.05, 0.1) is 0 Å². The third kappa shape index (κ3) is 10.9. The van der Waals surface area contributed by atoms with Crippen LogP contribution in [-0.4, -0.2) is 38.0 Å². The van der Waals surface area contributed by atoms with Crippen molar-refractivity contribution < 1.29 is 21.4 Å². The van der Waals surface area contributed by atoms with E-state index in [0.717, 1.165) is 25.9 Å². The minimum atomic E-state index is -1.52.